The minimum absolute atomic E-state index is 0.223. The maximum absolute atomic E-state index is 11.5. The lowest BCUT2D eigenvalue weighted by Gasteiger charge is -2.04. The van der Waals surface area contributed by atoms with Gasteiger partial charge in [-0.25, -0.2) is 9.59 Å². The van der Waals surface area contributed by atoms with E-state index < -0.39 is 12.1 Å². The van der Waals surface area contributed by atoms with Crippen molar-refractivity contribution in [1.29, 1.82) is 0 Å². The summed E-state index contributed by atoms with van der Waals surface area (Å²) in [6.45, 7) is 0.321. The third kappa shape index (κ3) is 3.75. The first-order chi connectivity index (χ1) is 8.15. The summed E-state index contributed by atoms with van der Waals surface area (Å²) in [5, 5.41) is 0.408. The molecule has 0 unspecified atom stereocenters. The van der Waals surface area contributed by atoms with E-state index in [-0.39, 0.29) is 5.56 Å². The Balaban J connectivity index is 1.84. The average Bonchev–Trinajstić information content (AvgIpc) is 3.10. The van der Waals surface area contributed by atoms with Crippen molar-refractivity contribution in [2.24, 2.45) is 5.92 Å². The number of esters is 1. The van der Waals surface area contributed by atoms with E-state index in [4.69, 9.17) is 16.3 Å². The highest BCUT2D eigenvalue weighted by molar-refractivity contribution is 6.30. The molecule has 1 saturated carbocycles. The van der Waals surface area contributed by atoms with Crippen LogP contribution in [0.1, 0.15) is 23.2 Å². The van der Waals surface area contributed by atoms with E-state index in [9.17, 15) is 9.59 Å². The van der Waals surface area contributed by atoms with Crippen molar-refractivity contribution in [3.05, 3.63) is 34.9 Å². The number of carbonyl (C=O) groups is 2. The van der Waals surface area contributed by atoms with Crippen molar-refractivity contribution in [3.63, 3.8) is 0 Å². The van der Waals surface area contributed by atoms with Gasteiger partial charge in [-0.3, -0.25) is 0 Å². The molecule has 1 aliphatic rings. The first-order valence-electron chi connectivity index (χ1n) is 5.29. The Morgan fingerprint density at radius 2 is 2.12 bits per heavy atom. The predicted octanol–water partition coefficient (Wildman–Crippen LogP) is 3.04. The molecule has 0 aromatic heterocycles. The molecule has 5 heteroatoms. The quantitative estimate of drug-likeness (QED) is 0.615. The van der Waals surface area contributed by atoms with Gasteiger partial charge in [0.15, 0.2) is 0 Å². The van der Waals surface area contributed by atoms with Crippen LogP contribution < -0.4 is 0 Å². The topological polar surface area (TPSA) is 52.6 Å². The fourth-order valence-corrected chi connectivity index (χ4v) is 1.44. The van der Waals surface area contributed by atoms with Crippen molar-refractivity contribution in [3.8, 4) is 0 Å². The molecule has 0 saturated heterocycles. The number of hydrogen-bond donors (Lipinski definition) is 0. The summed E-state index contributed by atoms with van der Waals surface area (Å²) in [4.78, 5) is 22.6. The molecule has 0 bridgehead atoms. The van der Waals surface area contributed by atoms with Crippen LogP contribution in [0.25, 0.3) is 0 Å². The molecule has 90 valence electrons. The Labute approximate surface area is 103 Å². The van der Waals surface area contributed by atoms with Gasteiger partial charge in [0, 0.05) is 5.02 Å². The maximum atomic E-state index is 11.5. The second-order valence-corrected chi connectivity index (χ2v) is 4.34. The molecule has 1 aromatic rings. The van der Waals surface area contributed by atoms with Crippen LogP contribution in [0.5, 0.6) is 0 Å². The average molecular weight is 255 g/mol. The third-order valence-electron chi connectivity index (χ3n) is 2.37. The summed E-state index contributed by atoms with van der Waals surface area (Å²) < 4.78 is 9.28. The van der Waals surface area contributed by atoms with Gasteiger partial charge < -0.3 is 9.47 Å². The first-order valence-corrected chi connectivity index (χ1v) is 5.67. The number of halogens is 1. The van der Waals surface area contributed by atoms with Gasteiger partial charge >= 0.3 is 12.1 Å². The summed E-state index contributed by atoms with van der Waals surface area (Å²) in [6, 6.07) is 6.18. The Hall–Kier alpha value is -1.55. The zero-order valence-electron chi connectivity index (χ0n) is 9.02. The molecule has 0 N–H and O–H groups in total. The van der Waals surface area contributed by atoms with Crippen LogP contribution in [-0.2, 0) is 9.47 Å². The Bertz CT molecular complexity index is 440. The van der Waals surface area contributed by atoms with E-state index in [0.717, 1.165) is 12.8 Å². The summed E-state index contributed by atoms with van der Waals surface area (Å²) in [6.07, 6.45) is 1.17. The fraction of sp³-hybridized carbons (Fsp3) is 0.333. The number of benzene rings is 1. The van der Waals surface area contributed by atoms with Crippen LogP contribution in [0.15, 0.2) is 24.3 Å². The Kier molecular flexibility index (Phi) is 3.64. The van der Waals surface area contributed by atoms with Crippen LogP contribution >= 0.6 is 11.6 Å². The molecule has 1 aliphatic carbocycles. The molecule has 0 heterocycles. The van der Waals surface area contributed by atoms with Crippen molar-refractivity contribution in [2.45, 2.75) is 12.8 Å². The van der Waals surface area contributed by atoms with E-state index in [1.165, 1.54) is 12.1 Å². The number of hydrogen-bond acceptors (Lipinski definition) is 4. The lowest BCUT2D eigenvalue weighted by molar-refractivity contribution is 0.0372. The van der Waals surface area contributed by atoms with E-state index in [1.54, 1.807) is 12.1 Å². The van der Waals surface area contributed by atoms with Gasteiger partial charge in [0.1, 0.15) is 0 Å². The molecule has 0 atom stereocenters. The molecule has 0 amide bonds. The minimum Gasteiger partial charge on any atom is -0.434 e. The third-order valence-corrected chi connectivity index (χ3v) is 2.61. The van der Waals surface area contributed by atoms with Gasteiger partial charge in [0.25, 0.3) is 0 Å². The van der Waals surface area contributed by atoms with Crippen LogP contribution in [0.3, 0.4) is 0 Å². The molecule has 0 spiro atoms. The minimum atomic E-state index is -0.957. The van der Waals surface area contributed by atoms with Crippen molar-refractivity contribution < 1.29 is 19.1 Å². The van der Waals surface area contributed by atoms with E-state index in [0.29, 0.717) is 17.5 Å². The van der Waals surface area contributed by atoms with Crippen LogP contribution in [0.2, 0.25) is 5.02 Å². The van der Waals surface area contributed by atoms with Gasteiger partial charge in [0.05, 0.1) is 12.2 Å². The molecule has 2 rings (SSSR count). The lowest BCUT2D eigenvalue weighted by atomic mass is 10.2. The molecule has 1 aromatic carbocycles. The van der Waals surface area contributed by atoms with Crippen LogP contribution in [0.4, 0.5) is 4.79 Å². The lowest BCUT2D eigenvalue weighted by Crippen LogP contribution is -2.15. The largest absolute Gasteiger partial charge is 0.516 e. The molecule has 0 aliphatic heterocycles. The predicted molar refractivity (Wildman–Crippen MR) is 60.9 cm³/mol. The standard InChI is InChI=1S/C12H11ClO4/c13-10-3-1-2-9(6-10)11(14)17-12(15)16-7-8-4-5-8/h1-3,6,8H,4-5,7H2. The van der Waals surface area contributed by atoms with Crippen LogP contribution in [-0.4, -0.2) is 18.7 Å². The normalized spacial score (nSPS) is 14.2. The maximum Gasteiger partial charge on any atom is 0.516 e. The SMILES string of the molecule is O=C(OCC1CC1)OC(=O)c1cccc(Cl)c1. The van der Waals surface area contributed by atoms with E-state index in [2.05, 4.69) is 4.74 Å². The monoisotopic (exact) mass is 254 g/mol. The van der Waals surface area contributed by atoms with Gasteiger partial charge in [-0.2, -0.15) is 0 Å². The zero-order chi connectivity index (χ0) is 12.3. The second kappa shape index (κ2) is 5.19. The first kappa shape index (κ1) is 11.9. The smallest absolute Gasteiger partial charge is 0.434 e. The van der Waals surface area contributed by atoms with E-state index in [1.807, 2.05) is 0 Å². The Morgan fingerprint density at radius 1 is 1.35 bits per heavy atom. The summed E-state index contributed by atoms with van der Waals surface area (Å²) in [7, 11) is 0. The van der Waals surface area contributed by atoms with E-state index >= 15 is 0 Å². The molecule has 4 nitrogen and oxygen atoms in total. The number of ether oxygens (including phenoxy) is 2. The summed E-state index contributed by atoms with van der Waals surface area (Å²) in [5.41, 5.74) is 0.223. The summed E-state index contributed by atoms with van der Waals surface area (Å²) >= 11 is 5.71. The Morgan fingerprint density at radius 3 is 2.76 bits per heavy atom. The van der Waals surface area contributed by atoms with Gasteiger partial charge in [0.2, 0.25) is 0 Å². The zero-order valence-corrected chi connectivity index (χ0v) is 9.77. The van der Waals surface area contributed by atoms with Gasteiger partial charge in [-0.05, 0) is 37.0 Å². The summed E-state index contributed by atoms with van der Waals surface area (Å²) in [5.74, 6) is -0.322. The van der Waals surface area contributed by atoms with Crippen molar-refractivity contribution in [1.82, 2.24) is 0 Å². The molecule has 0 radical (unpaired) electrons. The molecule has 17 heavy (non-hydrogen) atoms. The molecule has 1 fully saturated rings. The van der Waals surface area contributed by atoms with Crippen LogP contribution in [0, 0.1) is 5.92 Å². The van der Waals surface area contributed by atoms with Gasteiger partial charge in [-0.1, -0.05) is 17.7 Å². The fourth-order valence-electron chi connectivity index (χ4n) is 1.25. The van der Waals surface area contributed by atoms with Gasteiger partial charge in [-0.15, -0.1) is 0 Å². The number of carbonyl (C=O) groups excluding carboxylic acids is 2. The highest BCUT2D eigenvalue weighted by Gasteiger charge is 2.24. The van der Waals surface area contributed by atoms with Crippen molar-refractivity contribution >= 4 is 23.7 Å². The highest BCUT2D eigenvalue weighted by atomic mass is 35.5. The van der Waals surface area contributed by atoms with Crippen molar-refractivity contribution in [2.75, 3.05) is 6.61 Å². The highest BCUT2D eigenvalue weighted by Crippen LogP contribution is 2.28. The second-order valence-electron chi connectivity index (χ2n) is 3.90. The molecular weight excluding hydrogens is 244 g/mol. The number of rotatable bonds is 3. The molecular formula is C12H11ClO4.